The van der Waals surface area contributed by atoms with Crippen molar-refractivity contribution in [1.29, 1.82) is 0 Å². The molecule has 1 aliphatic heterocycles. The molecule has 0 atom stereocenters. The molecule has 118 valence electrons. The summed E-state index contributed by atoms with van der Waals surface area (Å²) in [5.74, 6) is -0.780. The molecular weight excluding hydrogens is 291 g/mol. The van der Waals surface area contributed by atoms with Crippen LogP contribution >= 0.6 is 0 Å². The third kappa shape index (κ3) is 3.06. The highest BCUT2D eigenvalue weighted by Gasteiger charge is 2.37. The number of halogens is 1. The van der Waals surface area contributed by atoms with Gasteiger partial charge in [-0.05, 0) is 36.5 Å². The van der Waals surface area contributed by atoms with Gasteiger partial charge in [0.2, 0.25) is 10.0 Å². The molecule has 0 aliphatic carbocycles. The fourth-order valence-corrected chi connectivity index (χ4v) is 4.51. The Kier molecular flexibility index (Phi) is 4.58. The molecule has 1 fully saturated rings. The molecular formula is C15H23FN2O2S. The molecule has 6 heteroatoms. The standard InChI is InChI=1S/C15H23FN2O2S/c1-3-15(4-2)7-9-18(10-8-15)21(19,20)14-6-5-12(17)11-13(14)16/h5-6,11H,3-4,7-10,17H2,1-2H3. The van der Waals surface area contributed by atoms with Gasteiger partial charge in [-0.3, -0.25) is 0 Å². The van der Waals surface area contributed by atoms with Crippen molar-refractivity contribution < 1.29 is 12.8 Å². The zero-order chi connectivity index (χ0) is 15.7. The minimum atomic E-state index is -3.77. The molecule has 1 aliphatic rings. The molecule has 1 heterocycles. The van der Waals surface area contributed by atoms with E-state index in [-0.39, 0.29) is 16.0 Å². The molecule has 0 spiro atoms. The highest BCUT2D eigenvalue weighted by Crippen LogP contribution is 2.39. The van der Waals surface area contributed by atoms with Crippen molar-refractivity contribution in [2.24, 2.45) is 5.41 Å². The number of piperidine rings is 1. The van der Waals surface area contributed by atoms with E-state index in [2.05, 4.69) is 13.8 Å². The maximum Gasteiger partial charge on any atom is 0.245 e. The molecule has 4 nitrogen and oxygen atoms in total. The van der Waals surface area contributed by atoms with E-state index in [4.69, 9.17) is 5.73 Å². The minimum absolute atomic E-state index is 0.223. The molecule has 1 saturated heterocycles. The molecule has 0 aromatic heterocycles. The summed E-state index contributed by atoms with van der Waals surface area (Å²) in [6.45, 7) is 5.20. The number of nitrogens with zero attached hydrogens (tertiary/aromatic N) is 1. The fraction of sp³-hybridized carbons (Fsp3) is 0.600. The summed E-state index contributed by atoms with van der Waals surface area (Å²) < 4.78 is 40.4. The SMILES string of the molecule is CCC1(CC)CCN(S(=O)(=O)c2ccc(N)cc2F)CC1. The zero-order valence-electron chi connectivity index (χ0n) is 12.6. The number of hydrogen-bond acceptors (Lipinski definition) is 3. The van der Waals surface area contributed by atoms with Crippen LogP contribution in [0.5, 0.6) is 0 Å². The quantitative estimate of drug-likeness (QED) is 0.869. The molecule has 0 saturated carbocycles. The van der Waals surface area contributed by atoms with Gasteiger partial charge < -0.3 is 5.73 Å². The average molecular weight is 314 g/mol. The van der Waals surface area contributed by atoms with Crippen molar-refractivity contribution in [2.45, 2.75) is 44.4 Å². The van der Waals surface area contributed by atoms with Crippen molar-refractivity contribution >= 4 is 15.7 Å². The van der Waals surface area contributed by atoms with Crippen LogP contribution in [0.3, 0.4) is 0 Å². The third-order valence-electron chi connectivity index (χ3n) is 4.86. The lowest BCUT2D eigenvalue weighted by atomic mass is 9.75. The van der Waals surface area contributed by atoms with Gasteiger partial charge in [-0.1, -0.05) is 26.7 Å². The number of sulfonamides is 1. The highest BCUT2D eigenvalue weighted by molar-refractivity contribution is 7.89. The Hall–Kier alpha value is -1.14. The fourth-order valence-electron chi connectivity index (χ4n) is 3.02. The Labute approximate surface area is 126 Å². The van der Waals surface area contributed by atoms with Gasteiger partial charge in [0, 0.05) is 18.8 Å². The first-order valence-corrected chi connectivity index (χ1v) is 8.84. The third-order valence-corrected chi connectivity index (χ3v) is 6.79. The van der Waals surface area contributed by atoms with Gasteiger partial charge in [-0.25, -0.2) is 12.8 Å². The molecule has 21 heavy (non-hydrogen) atoms. The molecule has 0 amide bonds. The summed E-state index contributed by atoms with van der Waals surface area (Å²) in [7, 11) is -3.77. The Balaban J connectivity index is 2.22. The Morgan fingerprint density at radius 2 is 1.81 bits per heavy atom. The normalized spacial score (nSPS) is 19.6. The van der Waals surface area contributed by atoms with Gasteiger partial charge in [0.15, 0.2) is 0 Å². The summed E-state index contributed by atoms with van der Waals surface area (Å²) in [5, 5.41) is 0. The number of anilines is 1. The summed E-state index contributed by atoms with van der Waals surface area (Å²) in [6.07, 6.45) is 3.76. The smallest absolute Gasteiger partial charge is 0.245 e. The second kappa shape index (κ2) is 5.93. The van der Waals surface area contributed by atoms with Gasteiger partial charge in [0.1, 0.15) is 10.7 Å². The lowest BCUT2D eigenvalue weighted by Crippen LogP contribution is -2.43. The lowest BCUT2D eigenvalue weighted by molar-refractivity contribution is 0.141. The number of nitrogens with two attached hydrogens (primary N) is 1. The van der Waals surface area contributed by atoms with Gasteiger partial charge >= 0.3 is 0 Å². The molecule has 0 radical (unpaired) electrons. The van der Waals surface area contributed by atoms with Crippen molar-refractivity contribution in [2.75, 3.05) is 18.8 Å². The number of benzene rings is 1. The largest absolute Gasteiger partial charge is 0.399 e. The van der Waals surface area contributed by atoms with Gasteiger partial charge in [-0.2, -0.15) is 4.31 Å². The van der Waals surface area contributed by atoms with E-state index in [1.165, 1.54) is 16.4 Å². The van der Waals surface area contributed by atoms with Gasteiger partial charge in [0.05, 0.1) is 0 Å². The Morgan fingerprint density at radius 1 is 1.24 bits per heavy atom. The maximum absolute atomic E-state index is 13.9. The van der Waals surface area contributed by atoms with E-state index in [9.17, 15) is 12.8 Å². The molecule has 1 aromatic rings. The monoisotopic (exact) mass is 314 g/mol. The minimum Gasteiger partial charge on any atom is -0.399 e. The van der Waals surface area contributed by atoms with Crippen LogP contribution in [0, 0.1) is 11.2 Å². The van der Waals surface area contributed by atoms with Crippen molar-refractivity contribution in [3.63, 3.8) is 0 Å². The Bertz CT molecular complexity index is 602. The summed E-state index contributed by atoms with van der Waals surface area (Å²) >= 11 is 0. The van der Waals surface area contributed by atoms with Crippen LogP contribution in [0.4, 0.5) is 10.1 Å². The first-order chi connectivity index (χ1) is 9.84. The second-order valence-electron chi connectivity index (χ2n) is 5.80. The van der Waals surface area contributed by atoms with E-state index in [1.807, 2.05) is 0 Å². The van der Waals surface area contributed by atoms with Crippen molar-refractivity contribution in [3.8, 4) is 0 Å². The molecule has 0 bridgehead atoms. The van der Waals surface area contributed by atoms with Crippen molar-refractivity contribution in [1.82, 2.24) is 4.31 Å². The van der Waals surface area contributed by atoms with E-state index in [0.717, 1.165) is 31.7 Å². The summed E-state index contributed by atoms with van der Waals surface area (Å²) in [5.41, 5.74) is 5.92. The first-order valence-electron chi connectivity index (χ1n) is 7.40. The first kappa shape index (κ1) is 16.2. The van der Waals surface area contributed by atoms with Crippen LogP contribution in [0.15, 0.2) is 23.1 Å². The average Bonchev–Trinajstić information content (AvgIpc) is 2.47. The number of nitrogen functional groups attached to an aromatic ring is 1. The van der Waals surface area contributed by atoms with E-state index in [1.54, 1.807) is 0 Å². The predicted molar refractivity (Wildman–Crippen MR) is 81.8 cm³/mol. The van der Waals surface area contributed by atoms with Crippen LogP contribution < -0.4 is 5.73 Å². The van der Waals surface area contributed by atoms with E-state index in [0.29, 0.717) is 13.1 Å². The van der Waals surface area contributed by atoms with Crippen LogP contribution in [0.25, 0.3) is 0 Å². The highest BCUT2D eigenvalue weighted by atomic mass is 32.2. The zero-order valence-corrected chi connectivity index (χ0v) is 13.4. The van der Waals surface area contributed by atoms with Crippen LogP contribution in [-0.4, -0.2) is 25.8 Å². The maximum atomic E-state index is 13.9. The van der Waals surface area contributed by atoms with Crippen LogP contribution in [-0.2, 0) is 10.0 Å². The number of hydrogen-bond donors (Lipinski definition) is 1. The number of rotatable bonds is 4. The van der Waals surface area contributed by atoms with Crippen LogP contribution in [0.1, 0.15) is 39.5 Å². The van der Waals surface area contributed by atoms with Gasteiger partial charge in [0.25, 0.3) is 0 Å². The Morgan fingerprint density at radius 3 is 2.29 bits per heavy atom. The molecule has 2 rings (SSSR count). The topological polar surface area (TPSA) is 63.4 Å². The summed E-state index contributed by atoms with van der Waals surface area (Å²) in [6, 6.07) is 3.73. The summed E-state index contributed by atoms with van der Waals surface area (Å²) in [4.78, 5) is -0.280. The van der Waals surface area contributed by atoms with Crippen LogP contribution in [0.2, 0.25) is 0 Å². The molecule has 1 aromatic carbocycles. The van der Waals surface area contributed by atoms with E-state index >= 15 is 0 Å². The second-order valence-corrected chi connectivity index (χ2v) is 7.71. The van der Waals surface area contributed by atoms with E-state index < -0.39 is 15.8 Å². The lowest BCUT2D eigenvalue weighted by Gasteiger charge is -2.40. The van der Waals surface area contributed by atoms with Crippen molar-refractivity contribution in [3.05, 3.63) is 24.0 Å². The molecule has 2 N–H and O–H groups in total. The van der Waals surface area contributed by atoms with Gasteiger partial charge in [-0.15, -0.1) is 0 Å². The predicted octanol–water partition coefficient (Wildman–Crippen LogP) is 3.00. The molecule has 0 unspecified atom stereocenters.